The molecule has 0 saturated carbocycles. The van der Waals surface area contributed by atoms with E-state index in [4.69, 9.17) is 4.74 Å². The molecular weight excluding hydrogens is 760 g/mol. The molecule has 0 fully saturated rings. The van der Waals surface area contributed by atoms with E-state index in [0.717, 1.165) is 5.75 Å². The van der Waals surface area contributed by atoms with Crippen LogP contribution in [0.25, 0.3) is 43.8 Å². The Morgan fingerprint density at radius 3 is 1.91 bits per heavy atom. The maximum absolute atomic E-state index is 6.14. The Balaban J connectivity index is 0.000000212. The molecule has 0 N–H and O–H groups in total. The van der Waals surface area contributed by atoms with Gasteiger partial charge in [0.1, 0.15) is 5.75 Å². The molecule has 287 valence electrons. The number of benzene rings is 4. The molecule has 0 unspecified atom stereocenters. The van der Waals surface area contributed by atoms with Gasteiger partial charge in [-0.25, -0.2) is 0 Å². The molecule has 0 saturated heterocycles. The minimum Gasteiger partial charge on any atom is -0.498 e. The second-order valence-corrected chi connectivity index (χ2v) is 22.1. The number of aryl methyl sites for hydroxylation is 5. The van der Waals surface area contributed by atoms with Crippen molar-refractivity contribution in [3.63, 3.8) is 0 Å². The van der Waals surface area contributed by atoms with Crippen molar-refractivity contribution >= 4 is 35.5 Å². The second-order valence-electron chi connectivity index (χ2n) is 19.6. The average Bonchev–Trinajstić information content (AvgIpc) is 3.77. The summed E-state index contributed by atoms with van der Waals surface area (Å²) in [6.45, 7) is 34.4. The van der Waals surface area contributed by atoms with Crippen LogP contribution in [0.2, 0.25) is 13.1 Å². The van der Waals surface area contributed by atoms with E-state index >= 15 is 0 Å². The Morgan fingerprint density at radius 2 is 1.33 bits per heavy atom. The van der Waals surface area contributed by atoms with E-state index in [-0.39, 0.29) is 42.4 Å². The summed E-state index contributed by atoms with van der Waals surface area (Å²) in [5, 5.41) is 7.28. The van der Waals surface area contributed by atoms with E-state index in [1.165, 1.54) is 96.6 Å². The van der Waals surface area contributed by atoms with E-state index in [1.54, 1.807) is 21.7 Å². The third-order valence-corrected chi connectivity index (χ3v) is 13.4. The van der Waals surface area contributed by atoms with Crippen LogP contribution in [-0.4, -0.2) is 15.9 Å². The summed E-state index contributed by atoms with van der Waals surface area (Å²) in [6.07, 6.45) is 3.80. The van der Waals surface area contributed by atoms with Gasteiger partial charge < -0.3 is 4.74 Å². The van der Waals surface area contributed by atoms with Crippen LogP contribution in [0.4, 0.5) is 0 Å². The van der Waals surface area contributed by atoms with Crippen molar-refractivity contribution in [1.29, 1.82) is 0 Å². The fraction of sp³-hybridized carbons (Fsp3) is 0.423. The zero-order valence-electron chi connectivity index (χ0n) is 36.9. The van der Waals surface area contributed by atoms with E-state index in [9.17, 15) is 0 Å². The number of fused-ring (bicyclic) bond motifs is 3. The molecule has 1 radical (unpaired) electrons. The summed E-state index contributed by atoms with van der Waals surface area (Å²) in [5.74, 6) is 1.01. The number of ether oxygens (including phenoxy) is 1. The van der Waals surface area contributed by atoms with Gasteiger partial charge in [0.15, 0.2) is 0 Å². The molecule has 0 bridgehead atoms. The smallest absolute Gasteiger partial charge is 0.498 e. The van der Waals surface area contributed by atoms with Crippen molar-refractivity contribution in [1.82, 2.24) is 0 Å². The zero-order valence-corrected chi connectivity index (χ0v) is 40.3. The van der Waals surface area contributed by atoms with E-state index in [2.05, 4.69) is 170 Å². The maximum atomic E-state index is 6.14. The van der Waals surface area contributed by atoms with Crippen molar-refractivity contribution in [2.75, 3.05) is 7.11 Å². The van der Waals surface area contributed by atoms with Gasteiger partial charge >= 0.3 is 26.2 Å². The van der Waals surface area contributed by atoms with Crippen LogP contribution in [0.15, 0.2) is 66.7 Å². The molecule has 7 rings (SSSR count). The van der Waals surface area contributed by atoms with Crippen LogP contribution in [0.3, 0.4) is 0 Å². The first kappa shape index (κ1) is 43.1. The van der Waals surface area contributed by atoms with Gasteiger partial charge in [0.05, 0.1) is 7.11 Å². The van der Waals surface area contributed by atoms with Gasteiger partial charge in [-0.2, -0.15) is 12.1 Å². The van der Waals surface area contributed by atoms with Gasteiger partial charge in [-0.1, -0.05) is 148 Å². The van der Waals surface area contributed by atoms with Crippen LogP contribution in [-0.2, 0) is 55.3 Å². The second kappa shape index (κ2) is 15.7. The molecular formula is C52H65OSiZr. The monoisotopic (exact) mass is 823 g/mol. The molecule has 6 aromatic rings. The maximum Gasteiger partial charge on any atom is 2.00 e. The standard InChI is InChI=1S/C29H39O.C23H26Si.Zr/c1-18-14-19-16-24(29(8,9)10)26(30-11)25(22(19)15-18)21-13-12-20(27(2,3)4)17-23(21)28(5,6)7;1-14-9-10-18(15(2)11-14)22-19-8-6-7-17(19)13-21-20(22)12-16(3)23(21)24(4)5;/h12-17H,1-11H3;9-13H,6-8H2,1-5H3;/q2*-1;+2. The zero-order chi connectivity index (χ0) is 39.7. The quantitative estimate of drug-likeness (QED) is 0.127. The number of hydrogen-bond acceptors (Lipinski definition) is 1. The fourth-order valence-electron chi connectivity index (χ4n) is 9.06. The first-order chi connectivity index (χ1) is 25.1. The van der Waals surface area contributed by atoms with Crippen LogP contribution in [0.5, 0.6) is 5.75 Å². The van der Waals surface area contributed by atoms with Crippen molar-refractivity contribution in [3.05, 3.63) is 117 Å². The SMILES string of the molecule is COc1c(C(C)(C)C)cc2[cH-]c(C)cc2c1-c1ccc(C(C)(C)C)cc1C(C)(C)C.Cc1ccc(-c2c3c(cc4c2cc(C)[c-]4[Si](C)C)CCC3)c(C)c1.[Zr+2]. The molecule has 55 heavy (non-hydrogen) atoms. The average molecular weight is 825 g/mol. The first-order valence-electron chi connectivity index (χ1n) is 20.2. The van der Waals surface area contributed by atoms with Crippen LogP contribution in [0.1, 0.15) is 119 Å². The first-order valence-corrected chi connectivity index (χ1v) is 22.7. The molecule has 0 amide bonds. The van der Waals surface area contributed by atoms with Crippen molar-refractivity contribution in [3.8, 4) is 28.0 Å². The minimum atomic E-state index is -0.456. The largest absolute Gasteiger partial charge is 2.00 e. The molecule has 0 aliphatic heterocycles. The molecule has 0 aromatic heterocycles. The predicted molar refractivity (Wildman–Crippen MR) is 241 cm³/mol. The molecule has 6 aromatic carbocycles. The Bertz CT molecular complexity index is 2360. The van der Waals surface area contributed by atoms with Crippen LogP contribution >= 0.6 is 0 Å². The minimum absolute atomic E-state index is 0. The normalized spacial score (nSPS) is 13.3. The van der Waals surface area contributed by atoms with Crippen molar-refractivity contribution in [2.24, 2.45) is 0 Å². The van der Waals surface area contributed by atoms with Gasteiger partial charge in [-0.3, -0.25) is 0 Å². The third-order valence-electron chi connectivity index (χ3n) is 11.7. The molecule has 0 spiro atoms. The Labute approximate surface area is 354 Å². The molecule has 1 aliphatic carbocycles. The topological polar surface area (TPSA) is 9.23 Å². The summed E-state index contributed by atoms with van der Waals surface area (Å²) in [7, 11) is 1.36. The van der Waals surface area contributed by atoms with E-state index in [1.807, 2.05) is 7.11 Å². The molecule has 1 nitrogen and oxygen atoms in total. The van der Waals surface area contributed by atoms with Gasteiger partial charge in [0, 0.05) is 8.80 Å². The van der Waals surface area contributed by atoms with Crippen LogP contribution < -0.4 is 9.92 Å². The molecule has 1 aliphatic rings. The van der Waals surface area contributed by atoms with E-state index in [0.29, 0.717) is 0 Å². The summed E-state index contributed by atoms with van der Waals surface area (Å²) in [4.78, 5) is 0. The molecule has 3 heteroatoms. The van der Waals surface area contributed by atoms with Crippen molar-refractivity contribution in [2.45, 2.75) is 139 Å². The van der Waals surface area contributed by atoms with E-state index < -0.39 is 8.80 Å². The summed E-state index contributed by atoms with van der Waals surface area (Å²) < 4.78 is 6.14. The van der Waals surface area contributed by atoms with Gasteiger partial charge in [0.2, 0.25) is 0 Å². The molecule has 0 heterocycles. The number of methoxy groups -OCH3 is 1. The van der Waals surface area contributed by atoms with Crippen molar-refractivity contribution < 1.29 is 30.9 Å². The van der Waals surface area contributed by atoms with Gasteiger partial charge in [-0.05, 0) is 88.3 Å². The third kappa shape index (κ3) is 8.36. The number of hydrogen-bond donors (Lipinski definition) is 0. The summed E-state index contributed by atoms with van der Waals surface area (Å²) in [6, 6.07) is 25.9. The predicted octanol–water partition coefficient (Wildman–Crippen LogP) is 14.0. The van der Waals surface area contributed by atoms with Gasteiger partial charge in [-0.15, -0.1) is 56.1 Å². The summed E-state index contributed by atoms with van der Waals surface area (Å²) >= 11 is 0. The Kier molecular flexibility index (Phi) is 12.3. The van der Waals surface area contributed by atoms with Gasteiger partial charge in [0.25, 0.3) is 0 Å². The summed E-state index contributed by atoms with van der Waals surface area (Å²) in [5.41, 5.74) is 18.4. The Hall–Kier alpha value is -3.00. The Morgan fingerprint density at radius 1 is 0.673 bits per heavy atom. The van der Waals surface area contributed by atoms with Crippen LogP contribution in [0, 0.1) is 27.7 Å². The number of rotatable bonds is 4. The fourth-order valence-corrected chi connectivity index (χ4v) is 10.7. The molecule has 0 atom stereocenters.